The highest BCUT2D eigenvalue weighted by Crippen LogP contribution is 2.31. The zero-order valence-electron chi connectivity index (χ0n) is 15.2. The van der Waals surface area contributed by atoms with Crippen LogP contribution in [0.3, 0.4) is 0 Å². The Morgan fingerprint density at radius 1 is 1.19 bits per heavy atom. The van der Waals surface area contributed by atoms with E-state index in [0.717, 1.165) is 48.3 Å². The van der Waals surface area contributed by atoms with E-state index in [2.05, 4.69) is 18.5 Å². The van der Waals surface area contributed by atoms with E-state index in [9.17, 15) is 4.39 Å². The van der Waals surface area contributed by atoms with Crippen LogP contribution in [0.2, 0.25) is 0 Å². The topological polar surface area (TPSA) is 59.4 Å². The number of fused-ring (bicyclic) bond motifs is 1. The molecule has 0 fully saturated rings. The molecular formula is C20H24FN5. The number of hydrogen-bond donors (Lipinski definition) is 1. The molecule has 6 heteroatoms. The van der Waals surface area contributed by atoms with Crippen LogP contribution in [-0.4, -0.2) is 32.7 Å². The first kappa shape index (κ1) is 17.0. The third-order valence-corrected chi connectivity index (χ3v) is 5.04. The second kappa shape index (κ2) is 6.68. The summed E-state index contributed by atoms with van der Waals surface area (Å²) in [5, 5.41) is 4.83. The van der Waals surface area contributed by atoms with Crippen molar-refractivity contribution >= 4 is 5.71 Å². The van der Waals surface area contributed by atoms with Gasteiger partial charge in [-0.05, 0) is 63.5 Å². The second-order valence-electron chi connectivity index (χ2n) is 7.14. The predicted octanol–water partition coefficient (Wildman–Crippen LogP) is 3.29. The van der Waals surface area contributed by atoms with Gasteiger partial charge in [0.1, 0.15) is 11.5 Å². The predicted molar refractivity (Wildman–Crippen MR) is 101 cm³/mol. The largest absolute Gasteiger partial charge is 0.342 e. The van der Waals surface area contributed by atoms with Crippen molar-refractivity contribution in [2.45, 2.75) is 52.0 Å². The van der Waals surface area contributed by atoms with Crippen LogP contribution in [0.25, 0.3) is 11.3 Å². The molecule has 1 unspecified atom stereocenters. The highest BCUT2D eigenvalue weighted by atomic mass is 19.1. The van der Waals surface area contributed by atoms with E-state index in [0.29, 0.717) is 0 Å². The standard InChI is InChI=1S/C20H24FN5/c1-13(2)25-12-10-16(23-20(25)22)18-17-5-3-4-11-26(17)24-19(18)14-6-8-15(21)9-7-14/h6-10,12-13,20H,3-5,11,22H2,1-2H3. The number of aliphatic imine (C=N–C) groups is 1. The van der Waals surface area contributed by atoms with Gasteiger partial charge in [0.05, 0.1) is 5.71 Å². The molecule has 0 saturated carbocycles. The zero-order valence-corrected chi connectivity index (χ0v) is 15.2. The summed E-state index contributed by atoms with van der Waals surface area (Å²) in [7, 11) is 0. The monoisotopic (exact) mass is 353 g/mol. The van der Waals surface area contributed by atoms with Crippen molar-refractivity contribution in [3.05, 3.63) is 53.6 Å². The van der Waals surface area contributed by atoms with Gasteiger partial charge >= 0.3 is 0 Å². The lowest BCUT2D eigenvalue weighted by Gasteiger charge is -2.31. The first-order valence-electron chi connectivity index (χ1n) is 9.19. The Balaban J connectivity index is 1.83. The number of aryl methyl sites for hydroxylation is 1. The zero-order chi connectivity index (χ0) is 18.3. The minimum atomic E-state index is -0.407. The summed E-state index contributed by atoms with van der Waals surface area (Å²) < 4.78 is 15.4. The highest BCUT2D eigenvalue weighted by Gasteiger charge is 2.27. The number of benzene rings is 1. The van der Waals surface area contributed by atoms with Crippen LogP contribution in [0.1, 0.15) is 37.9 Å². The quantitative estimate of drug-likeness (QED) is 0.921. The third-order valence-electron chi connectivity index (χ3n) is 5.04. The van der Waals surface area contributed by atoms with Crippen molar-refractivity contribution in [3.63, 3.8) is 0 Å². The molecule has 5 nitrogen and oxygen atoms in total. The van der Waals surface area contributed by atoms with Crippen molar-refractivity contribution in [2.24, 2.45) is 10.7 Å². The number of nitrogens with zero attached hydrogens (tertiary/aromatic N) is 4. The average Bonchev–Trinajstić information content (AvgIpc) is 3.01. The molecule has 26 heavy (non-hydrogen) atoms. The van der Waals surface area contributed by atoms with Crippen molar-refractivity contribution in [3.8, 4) is 11.3 Å². The maximum Gasteiger partial charge on any atom is 0.174 e. The first-order chi connectivity index (χ1) is 12.5. The maximum atomic E-state index is 13.4. The van der Waals surface area contributed by atoms with Gasteiger partial charge in [0.15, 0.2) is 6.29 Å². The lowest BCUT2D eigenvalue weighted by molar-refractivity contribution is 0.235. The molecule has 0 aliphatic carbocycles. The van der Waals surface area contributed by atoms with E-state index >= 15 is 0 Å². The lowest BCUT2D eigenvalue weighted by Crippen LogP contribution is -2.43. The van der Waals surface area contributed by atoms with Gasteiger partial charge < -0.3 is 4.90 Å². The summed E-state index contributed by atoms with van der Waals surface area (Å²) in [6.45, 7) is 5.09. The molecule has 2 aliphatic heterocycles. The number of aromatic nitrogens is 2. The van der Waals surface area contributed by atoms with Gasteiger partial charge in [0, 0.05) is 35.6 Å². The molecule has 0 bridgehead atoms. The van der Waals surface area contributed by atoms with Crippen molar-refractivity contribution < 1.29 is 4.39 Å². The molecule has 1 aromatic carbocycles. The average molecular weight is 353 g/mol. The van der Waals surface area contributed by atoms with E-state index in [-0.39, 0.29) is 11.9 Å². The van der Waals surface area contributed by atoms with Gasteiger partial charge in [-0.3, -0.25) is 10.4 Å². The summed E-state index contributed by atoms with van der Waals surface area (Å²) in [5.41, 5.74) is 11.1. The van der Waals surface area contributed by atoms with Gasteiger partial charge in [-0.2, -0.15) is 5.10 Å². The number of rotatable bonds is 3. The molecule has 1 aromatic heterocycles. The van der Waals surface area contributed by atoms with Crippen LogP contribution in [0.4, 0.5) is 4.39 Å². The van der Waals surface area contributed by atoms with Crippen LogP contribution in [0.5, 0.6) is 0 Å². The number of allylic oxidation sites excluding steroid dienone is 1. The summed E-state index contributed by atoms with van der Waals surface area (Å²) in [5.74, 6) is -0.247. The van der Waals surface area contributed by atoms with E-state index in [1.165, 1.54) is 17.8 Å². The second-order valence-corrected chi connectivity index (χ2v) is 7.14. The van der Waals surface area contributed by atoms with Gasteiger partial charge in [0.25, 0.3) is 0 Å². The summed E-state index contributed by atoms with van der Waals surface area (Å²) in [6.07, 6.45) is 6.86. The summed E-state index contributed by atoms with van der Waals surface area (Å²) in [6, 6.07) is 6.79. The fourth-order valence-corrected chi connectivity index (χ4v) is 3.69. The molecule has 2 aromatic rings. The maximum absolute atomic E-state index is 13.4. The molecule has 0 spiro atoms. The van der Waals surface area contributed by atoms with E-state index in [4.69, 9.17) is 15.8 Å². The van der Waals surface area contributed by atoms with E-state index in [1.807, 2.05) is 17.2 Å². The smallest absolute Gasteiger partial charge is 0.174 e. The van der Waals surface area contributed by atoms with Gasteiger partial charge in [-0.15, -0.1) is 0 Å². The Morgan fingerprint density at radius 2 is 1.96 bits per heavy atom. The Hall–Kier alpha value is -2.47. The summed E-state index contributed by atoms with van der Waals surface area (Å²) in [4.78, 5) is 6.77. The molecule has 0 radical (unpaired) electrons. The number of halogens is 1. The minimum Gasteiger partial charge on any atom is -0.342 e. The number of nitrogens with two attached hydrogens (primary N) is 1. The molecule has 2 aliphatic rings. The Morgan fingerprint density at radius 3 is 2.65 bits per heavy atom. The van der Waals surface area contributed by atoms with Gasteiger partial charge in [-0.25, -0.2) is 9.38 Å². The normalized spacial score (nSPS) is 19.7. The third kappa shape index (κ3) is 2.94. The lowest BCUT2D eigenvalue weighted by atomic mass is 9.97. The Labute approximate surface area is 153 Å². The fourth-order valence-electron chi connectivity index (χ4n) is 3.69. The first-order valence-corrected chi connectivity index (χ1v) is 9.19. The molecule has 1 atom stereocenters. The molecule has 4 rings (SSSR count). The van der Waals surface area contributed by atoms with E-state index < -0.39 is 6.29 Å². The SMILES string of the molecule is CC(C)N1C=CC(c2c(-c3ccc(F)cc3)nn3c2CCCC3)=NC1N. The van der Waals surface area contributed by atoms with Crippen LogP contribution in [0, 0.1) is 5.82 Å². The van der Waals surface area contributed by atoms with Crippen LogP contribution in [0.15, 0.2) is 41.5 Å². The van der Waals surface area contributed by atoms with Crippen molar-refractivity contribution in [2.75, 3.05) is 0 Å². The van der Waals surface area contributed by atoms with Crippen LogP contribution >= 0.6 is 0 Å². The van der Waals surface area contributed by atoms with Crippen LogP contribution < -0.4 is 5.73 Å². The van der Waals surface area contributed by atoms with Gasteiger partial charge in [-0.1, -0.05) is 0 Å². The molecule has 136 valence electrons. The molecular weight excluding hydrogens is 329 g/mol. The number of hydrogen-bond acceptors (Lipinski definition) is 4. The highest BCUT2D eigenvalue weighted by molar-refractivity contribution is 6.13. The summed E-state index contributed by atoms with van der Waals surface area (Å²) >= 11 is 0. The fraction of sp³-hybridized carbons (Fsp3) is 0.400. The van der Waals surface area contributed by atoms with Crippen molar-refractivity contribution in [1.82, 2.24) is 14.7 Å². The molecule has 3 heterocycles. The Kier molecular flexibility index (Phi) is 4.36. The van der Waals surface area contributed by atoms with E-state index in [1.54, 1.807) is 12.1 Å². The van der Waals surface area contributed by atoms with Gasteiger partial charge in [0.2, 0.25) is 0 Å². The molecule has 0 amide bonds. The van der Waals surface area contributed by atoms with Crippen molar-refractivity contribution in [1.29, 1.82) is 0 Å². The van der Waals surface area contributed by atoms with Crippen LogP contribution in [-0.2, 0) is 13.0 Å². The Bertz CT molecular complexity index is 863. The molecule has 2 N–H and O–H groups in total. The molecule has 0 saturated heterocycles. The minimum absolute atomic E-state index is 0.247.